The third-order valence-corrected chi connectivity index (χ3v) is 9.43. The molecule has 8 rings (SSSR count). The van der Waals surface area contributed by atoms with Crippen LogP contribution < -0.4 is 4.90 Å². The van der Waals surface area contributed by atoms with E-state index in [9.17, 15) is 25.5 Å². The van der Waals surface area contributed by atoms with Crippen molar-refractivity contribution in [3.8, 4) is 73.3 Å². The van der Waals surface area contributed by atoms with Crippen molar-refractivity contribution in [1.82, 2.24) is 0 Å². The number of hydrogen-bond acceptors (Lipinski definition) is 6. The van der Waals surface area contributed by atoms with Gasteiger partial charge in [-0.15, -0.1) is 0 Å². The Labute approximate surface area is 300 Å². The Bertz CT molecular complexity index is 2500. The minimum atomic E-state index is -0.984. The average molecular weight is 680 g/mol. The van der Waals surface area contributed by atoms with Crippen LogP contribution >= 0.6 is 0 Å². The van der Waals surface area contributed by atoms with Crippen LogP contribution in [0.2, 0.25) is 0 Å². The van der Waals surface area contributed by atoms with Crippen LogP contribution in [0.4, 0.5) is 17.1 Å². The van der Waals surface area contributed by atoms with Gasteiger partial charge in [-0.25, -0.2) is 0 Å². The zero-order valence-corrected chi connectivity index (χ0v) is 27.8. The van der Waals surface area contributed by atoms with Gasteiger partial charge in [0.1, 0.15) is 0 Å². The topological polar surface area (TPSA) is 104 Å². The number of aromatic hydroxyl groups is 5. The first-order chi connectivity index (χ1) is 25.4. The van der Waals surface area contributed by atoms with E-state index in [1.54, 1.807) is 12.1 Å². The second-order valence-electron chi connectivity index (χ2n) is 12.6. The fourth-order valence-corrected chi connectivity index (χ4v) is 6.65. The van der Waals surface area contributed by atoms with Crippen molar-refractivity contribution in [1.29, 1.82) is 0 Å². The molecule has 252 valence electrons. The van der Waals surface area contributed by atoms with Gasteiger partial charge in [0, 0.05) is 17.1 Å². The molecule has 8 aromatic carbocycles. The Morgan fingerprint density at radius 1 is 0.269 bits per heavy atom. The molecule has 0 heterocycles. The minimum absolute atomic E-state index is 0.177. The van der Waals surface area contributed by atoms with Crippen LogP contribution in [-0.2, 0) is 0 Å². The van der Waals surface area contributed by atoms with Gasteiger partial charge >= 0.3 is 0 Å². The highest BCUT2D eigenvalue weighted by atomic mass is 16.4. The molecule has 0 aromatic heterocycles. The summed E-state index contributed by atoms with van der Waals surface area (Å²) in [7, 11) is 0. The molecule has 6 heteroatoms. The first kappa shape index (κ1) is 32.0. The quantitative estimate of drug-likeness (QED) is 0.0848. The number of phenolic OH excluding ortho intramolecular Hbond substituents is 5. The lowest BCUT2D eigenvalue weighted by atomic mass is 9.96. The first-order valence-electron chi connectivity index (χ1n) is 16.8. The van der Waals surface area contributed by atoms with Gasteiger partial charge in [0.05, 0.1) is 5.56 Å². The molecular formula is C46H33NO5. The lowest BCUT2D eigenvalue weighted by Crippen LogP contribution is -2.09. The van der Waals surface area contributed by atoms with Gasteiger partial charge in [0.2, 0.25) is 17.2 Å². The lowest BCUT2D eigenvalue weighted by molar-refractivity contribution is 0.330. The number of fused-ring (bicyclic) bond motifs is 1. The van der Waals surface area contributed by atoms with E-state index in [0.717, 1.165) is 50.1 Å². The number of phenols is 5. The van der Waals surface area contributed by atoms with Gasteiger partial charge < -0.3 is 30.4 Å². The Morgan fingerprint density at radius 2 is 0.635 bits per heavy atom. The molecule has 0 atom stereocenters. The maximum Gasteiger partial charge on any atom is 0.208 e. The van der Waals surface area contributed by atoms with Crippen LogP contribution in [0.5, 0.6) is 28.7 Å². The molecule has 0 saturated carbocycles. The van der Waals surface area contributed by atoms with Gasteiger partial charge in [0.25, 0.3) is 0 Å². The van der Waals surface area contributed by atoms with Crippen LogP contribution in [0.25, 0.3) is 55.3 Å². The normalized spacial score (nSPS) is 11.1. The van der Waals surface area contributed by atoms with Crippen LogP contribution in [0.15, 0.2) is 170 Å². The number of nitrogens with zero attached hydrogens (tertiary/aromatic N) is 1. The molecule has 0 amide bonds. The zero-order chi connectivity index (χ0) is 35.8. The standard InChI is InChI=1S/C46H33NO5/c48-42-41(43(49)45(51)46(52)44(42)50)34-17-15-31(16-18-34)30-11-13-33(14-12-30)35-19-20-37-28-40(26-23-36(37)27-35)47(38-9-5-2-6-10-38)39-24-21-32(22-25-39)29-7-3-1-4-8-29/h1-28,48-52H. The molecule has 0 spiro atoms. The van der Waals surface area contributed by atoms with Crippen LogP contribution in [0.1, 0.15) is 0 Å². The van der Waals surface area contributed by atoms with Crippen molar-refractivity contribution < 1.29 is 25.5 Å². The van der Waals surface area contributed by atoms with Crippen molar-refractivity contribution in [2.24, 2.45) is 0 Å². The molecule has 0 unspecified atom stereocenters. The van der Waals surface area contributed by atoms with Gasteiger partial charge in [-0.3, -0.25) is 0 Å². The third kappa shape index (κ3) is 5.88. The lowest BCUT2D eigenvalue weighted by Gasteiger charge is -2.26. The molecule has 6 nitrogen and oxygen atoms in total. The first-order valence-corrected chi connectivity index (χ1v) is 16.8. The highest BCUT2D eigenvalue weighted by molar-refractivity contribution is 5.92. The summed E-state index contributed by atoms with van der Waals surface area (Å²) >= 11 is 0. The summed E-state index contributed by atoms with van der Waals surface area (Å²) in [4.78, 5) is 2.28. The number of rotatable bonds is 7. The van der Waals surface area contributed by atoms with Crippen molar-refractivity contribution in [3.05, 3.63) is 170 Å². The van der Waals surface area contributed by atoms with Crippen molar-refractivity contribution >= 4 is 27.8 Å². The van der Waals surface area contributed by atoms with E-state index in [1.165, 1.54) is 11.1 Å². The molecule has 52 heavy (non-hydrogen) atoms. The molecule has 0 saturated heterocycles. The predicted octanol–water partition coefficient (Wildman–Crippen LogP) is 11.5. The smallest absolute Gasteiger partial charge is 0.208 e. The van der Waals surface area contributed by atoms with Crippen molar-refractivity contribution in [2.45, 2.75) is 0 Å². The number of anilines is 3. The summed E-state index contributed by atoms with van der Waals surface area (Å²) in [5.74, 6) is -4.24. The largest absolute Gasteiger partial charge is 0.504 e. The molecule has 0 fully saturated rings. The van der Waals surface area contributed by atoms with E-state index in [2.05, 4.69) is 126 Å². The minimum Gasteiger partial charge on any atom is -0.504 e. The highest BCUT2D eigenvalue weighted by Gasteiger charge is 2.24. The second-order valence-corrected chi connectivity index (χ2v) is 12.6. The fraction of sp³-hybridized carbons (Fsp3) is 0. The van der Waals surface area contributed by atoms with E-state index in [4.69, 9.17) is 0 Å². The van der Waals surface area contributed by atoms with E-state index in [0.29, 0.717) is 5.56 Å². The van der Waals surface area contributed by atoms with Crippen LogP contribution in [0.3, 0.4) is 0 Å². The Kier molecular flexibility index (Phi) is 8.18. The maximum absolute atomic E-state index is 10.3. The molecular weight excluding hydrogens is 647 g/mol. The van der Waals surface area contributed by atoms with Gasteiger partial charge in [-0.2, -0.15) is 0 Å². The van der Waals surface area contributed by atoms with Crippen molar-refractivity contribution in [3.63, 3.8) is 0 Å². The monoisotopic (exact) mass is 679 g/mol. The summed E-state index contributed by atoms with van der Waals surface area (Å²) in [6.07, 6.45) is 0. The van der Waals surface area contributed by atoms with E-state index in [-0.39, 0.29) is 5.56 Å². The van der Waals surface area contributed by atoms with E-state index in [1.807, 2.05) is 36.4 Å². The molecule has 0 radical (unpaired) electrons. The molecule has 0 aliphatic rings. The van der Waals surface area contributed by atoms with Gasteiger partial charge in [-0.05, 0) is 92.2 Å². The average Bonchev–Trinajstić information content (AvgIpc) is 3.20. The maximum atomic E-state index is 10.3. The zero-order valence-electron chi connectivity index (χ0n) is 27.8. The summed E-state index contributed by atoms with van der Waals surface area (Å²) in [5.41, 5.74) is 9.78. The van der Waals surface area contributed by atoms with Crippen LogP contribution in [0, 0.1) is 0 Å². The SMILES string of the molecule is Oc1c(O)c(O)c(-c2ccc(-c3ccc(-c4ccc5cc(N(c6ccccc6)c6ccc(-c7ccccc7)cc6)ccc5c4)cc3)cc2)c(O)c1O. The Balaban J connectivity index is 1.05. The molecule has 5 N–H and O–H groups in total. The summed E-state index contributed by atoms with van der Waals surface area (Å²) in [6.45, 7) is 0. The summed E-state index contributed by atoms with van der Waals surface area (Å²) in [6, 6.07) is 57.7. The summed E-state index contributed by atoms with van der Waals surface area (Å²) < 4.78 is 0. The summed E-state index contributed by atoms with van der Waals surface area (Å²) in [5, 5.41) is 52.5. The molecule has 0 aliphatic heterocycles. The molecule has 0 bridgehead atoms. The van der Waals surface area contributed by atoms with Crippen LogP contribution in [-0.4, -0.2) is 25.5 Å². The second kappa shape index (κ2) is 13.3. The number of benzene rings is 8. The molecule has 0 aliphatic carbocycles. The van der Waals surface area contributed by atoms with Gasteiger partial charge in [-0.1, -0.05) is 127 Å². The Morgan fingerprint density at radius 3 is 1.21 bits per heavy atom. The number of para-hydroxylation sites is 1. The van der Waals surface area contributed by atoms with Gasteiger partial charge in [0.15, 0.2) is 11.5 Å². The Hall–Kier alpha value is -7.18. The highest BCUT2D eigenvalue weighted by Crippen LogP contribution is 2.54. The van der Waals surface area contributed by atoms with E-state index < -0.39 is 28.7 Å². The van der Waals surface area contributed by atoms with Crippen molar-refractivity contribution in [2.75, 3.05) is 4.90 Å². The fourth-order valence-electron chi connectivity index (χ4n) is 6.65. The molecule has 8 aromatic rings. The number of hydrogen-bond donors (Lipinski definition) is 5. The third-order valence-electron chi connectivity index (χ3n) is 9.43. The predicted molar refractivity (Wildman–Crippen MR) is 209 cm³/mol. The van der Waals surface area contributed by atoms with E-state index >= 15 is 0 Å².